The predicted molar refractivity (Wildman–Crippen MR) is 78.1 cm³/mol. The topological polar surface area (TPSA) is 70.7 Å². The van der Waals surface area contributed by atoms with Crippen molar-refractivity contribution in [2.24, 2.45) is 0 Å². The molecule has 0 aromatic heterocycles. The van der Waals surface area contributed by atoms with Crippen LogP contribution in [0.4, 0.5) is 5.69 Å². The highest BCUT2D eigenvalue weighted by Crippen LogP contribution is 2.30. The Bertz CT molecular complexity index is 490. The van der Waals surface area contributed by atoms with Crippen LogP contribution >= 0.6 is 11.6 Å². The van der Waals surface area contributed by atoms with E-state index < -0.39 is 0 Å². The van der Waals surface area contributed by atoms with Gasteiger partial charge >= 0.3 is 0 Å². The third kappa shape index (κ3) is 3.85. The zero-order valence-corrected chi connectivity index (χ0v) is 12.5. The molecule has 0 saturated carbocycles. The molecule has 1 aromatic carbocycles. The average molecular weight is 300 g/mol. The highest BCUT2D eigenvalue weighted by molar-refractivity contribution is 6.34. The van der Waals surface area contributed by atoms with Crippen molar-refractivity contribution in [1.82, 2.24) is 10.4 Å². The summed E-state index contributed by atoms with van der Waals surface area (Å²) >= 11 is 6.01. The second-order valence-electron chi connectivity index (χ2n) is 3.91. The van der Waals surface area contributed by atoms with E-state index in [2.05, 4.69) is 10.7 Å². The molecule has 0 heterocycles. The molecule has 0 aliphatic carbocycles. The summed E-state index contributed by atoms with van der Waals surface area (Å²) in [6.07, 6.45) is 0.510. The average Bonchev–Trinajstić information content (AvgIpc) is 2.46. The van der Waals surface area contributed by atoms with Crippen molar-refractivity contribution >= 4 is 29.6 Å². The van der Waals surface area contributed by atoms with Crippen molar-refractivity contribution in [2.75, 3.05) is 25.5 Å². The van der Waals surface area contributed by atoms with Gasteiger partial charge in [0.1, 0.15) is 5.75 Å². The summed E-state index contributed by atoms with van der Waals surface area (Å²) in [7, 11) is 1.45. The van der Waals surface area contributed by atoms with Gasteiger partial charge in [-0.15, -0.1) is 0 Å². The molecule has 2 N–H and O–H groups in total. The van der Waals surface area contributed by atoms with Crippen molar-refractivity contribution in [1.29, 1.82) is 0 Å². The number of nitrogens with one attached hydrogen (secondary N) is 2. The molecule has 0 aliphatic heterocycles. The fraction of sp³-hybridized carbons (Fsp3) is 0.385. The number of halogens is 1. The number of ether oxygens (including phenoxy) is 1. The number of carbonyl (C=O) groups is 2. The fourth-order valence-electron chi connectivity index (χ4n) is 1.66. The standard InChI is InChI=1S/C13H18ClN3O3/c1-4-17(5-2)16-13(19)9-6-10(14)11(15-8-18)7-12(9)20-3/h6-8H,4-5H2,1-3H3,(H,15,18)(H,16,19). The number of amides is 2. The van der Waals surface area contributed by atoms with Crippen molar-refractivity contribution < 1.29 is 14.3 Å². The van der Waals surface area contributed by atoms with Crippen LogP contribution in [0.1, 0.15) is 24.2 Å². The maximum absolute atomic E-state index is 12.2. The van der Waals surface area contributed by atoms with Crippen LogP contribution in [-0.2, 0) is 4.79 Å². The summed E-state index contributed by atoms with van der Waals surface area (Å²) in [6, 6.07) is 2.97. The Hall–Kier alpha value is -1.79. The first-order chi connectivity index (χ1) is 9.57. The van der Waals surface area contributed by atoms with Crippen LogP contribution < -0.4 is 15.5 Å². The maximum Gasteiger partial charge on any atom is 0.269 e. The lowest BCUT2D eigenvalue weighted by Crippen LogP contribution is -2.41. The maximum atomic E-state index is 12.2. The minimum atomic E-state index is -0.315. The molecule has 110 valence electrons. The number of carbonyl (C=O) groups excluding carboxylic acids is 2. The zero-order chi connectivity index (χ0) is 15.1. The molecule has 0 aliphatic rings. The van der Waals surface area contributed by atoms with Gasteiger partial charge in [0.05, 0.1) is 23.4 Å². The molecule has 1 rings (SSSR count). The smallest absolute Gasteiger partial charge is 0.269 e. The van der Waals surface area contributed by atoms with E-state index in [1.54, 1.807) is 5.01 Å². The number of benzene rings is 1. The number of nitrogens with zero attached hydrogens (tertiary/aromatic N) is 1. The summed E-state index contributed by atoms with van der Waals surface area (Å²) in [5, 5.41) is 4.47. The highest BCUT2D eigenvalue weighted by atomic mass is 35.5. The third-order valence-electron chi connectivity index (χ3n) is 2.77. The SMILES string of the molecule is CCN(CC)NC(=O)c1cc(Cl)c(NC=O)cc1OC. The lowest BCUT2D eigenvalue weighted by atomic mass is 10.1. The van der Waals surface area contributed by atoms with E-state index in [0.29, 0.717) is 36.5 Å². The monoisotopic (exact) mass is 299 g/mol. The second-order valence-corrected chi connectivity index (χ2v) is 4.31. The normalized spacial score (nSPS) is 10.2. The Morgan fingerprint density at radius 2 is 2.05 bits per heavy atom. The van der Waals surface area contributed by atoms with E-state index >= 15 is 0 Å². The van der Waals surface area contributed by atoms with Gasteiger partial charge in [-0.1, -0.05) is 25.4 Å². The summed E-state index contributed by atoms with van der Waals surface area (Å²) in [4.78, 5) is 22.7. The zero-order valence-electron chi connectivity index (χ0n) is 11.7. The van der Waals surface area contributed by atoms with Crippen molar-refractivity contribution in [3.63, 3.8) is 0 Å². The fourth-order valence-corrected chi connectivity index (χ4v) is 1.88. The van der Waals surface area contributed by atoms with Crippen molar-refractivity contribution in [2.45, 2.75) is 13.8 Å². The summed E-state index contributed by atoms with van der Waals surface area (Å²) in [6.45, 7) is 5.24. The van der Waals surface area contributed by atoms with E-state index in [1.807, 2.05) is 13.8 Å². The molecule has 0 saturated heterocycles. The Morgan fingerprint density at radius 1 is 1.40 bits per heavy atom. The number of hydrazine groups is 1. The van der Waals surface area contributed by atoms with Gasteiger partial charge in [0.2, 0.25) is 6.41 Å². The number of anilines is 1. The van der Waals surface area contributed by atoms with Crippen LogP contribution in [0.25, 0.3) is 0 Å². The summed E-state index contributed by atoms with van der Waals surface area (Å²) < 4.78 is 5.16. The van der Waals surface area contributed by atoms with Gasteiger partial charge in [0.25, 0.3) is 5.91 Å². The second kappa shape index (κ2) is 7.72. The molecule has 6 nitrogen and oxygen atoms in total. The lowest BCUT2D eigenvalue weighted by molar-refractivity contribution is -0.105. The molecule has 0 spiro atoms. The van der Waals surface area contributed by atoms with Crippen LogP contribution in [-0.4, -0.2) is 37.5 Å². The number of rotatable bonds is 7. The molecular formula is C13H18ClN3O3. The van der Waals surface area contributed by atoms with Crippen molar-refractivity contribution in [3.05, 3.63) is 22.7 Å². The molecule has 1 aromatic rings. The molecule has 0 radical (unpaired) electrons. The van der Waals surface area contributed by atoms with Gasteiger partial charge in [-0.2, -0.15) is 0 Å². The number of hydrogen-bond acceptors (Lipinski definition) is 4. The Balaban J connectivity index is 3.07. The molecule has 20 heavy (non-hydrogen) atoms. The third-order valence-corrected chi connectivity index (χ3v) is 3.08. The molecule has 0 atom stereocenters. The molecule has 0 bridgehead atoms. The largest absolute Gasteiger partial charge is 0.496 e. The minimum absolute atomic E-state index is 0.266. The molecule has 0 unspecified atom stereocenters. The van der Waals surface area contributed by atoms with Gasteiger partial charge in [-0.25, -0.2) is 5.01 Å². The van der Waals surface area contributed by atoms with E-state index in [-0.39, 0.29) is 10.9 Å². The van der Waals surface area contributed by atoms with E-state index in [4.69, 9.17) is 16.3 Å². The molecular weight excluding hydrogens is 282 g/mol. The number of hydrogen-bond donors (Lipinski definition) is 2. The Labute approximate surface area is 123 Å². The summed E-state index contributed by atoms with van der Waals surface area (Å²) in [5.41, 5.74) is 3.45. The molecule has 7 heteroatoms. The predicted octanol–water partition coefficient (Wildman–Crippen LogP) is 1.90. The van der Waals surface area contributed by atoms with Gasteiger partial charge in [0.15, 0.2) is 0 Å². The first kappa shape index (κ1) is 16.3. The highest BCUT2D eigenvalue weighted by Gasteiger charge is 2.17. The van der Waals surface area contributed by atoms with Crippen LogP contribution in [0.2, 0.25) is 5.02 Å². The van der Waals surface area contributed by atoms with Gasteiger partial charge < -0.3 is 10.1 Å². The first-order valence-corrected chi connectivity index (χ1v) is 6.58. The van der Waals surface area contributed by atoms with Crippen LogP contribution in [0.5, 0.6) is 5.75 Å². The molecule has 2 amide bonds. The lowest BCUT2D eigenvalue weighted by Gasteiger charge is -2.20. The van der Waals surface area contributed by atoms with E-state index in [9.17, 15) is 9.59 Å². The van der Waals surface area contributed by atoms with E-state index in [0.717, 1.165) is 0 Å². The quantitative estimate of drug-likeness (QED) is 0.596. The van der Waals surface area contributed by atoms with E-state index in [1.165, 1.54) is 19.2 Å². The minimum Gasteiger partial charge on any atom is -0.496 e. The Morgan fingerprint density at radius 3 is 2.55 bits per heavy atom. The van der Waals surface area contributed by atoms with Gasteiger partial charge in [-0.05, 0) is 6.07 Å². The van der Waals surface area contributed by atoms with Crippen LogP contribution in [0.15, 0.2) is 12.1 Å². The van der Waals surface area contributed by atoms with Gasteiger partial charge in [-0.3, -0.25) is 15.0 Å². The van der Waals surface area contributed by atoms with Crippen LogP contribution in [0, 0.1) is 0 Å². The molecule has 0 fully saturated rings. The number of methoxy groups -OCH3 is 1. The first-order valence-electron chi connectivity index (χ1n) is 6.20. The Kier molecular flexibility index (Phi) is 6.27. The van der Waals surface area contributed by atoms with Gasteiger partial charge in [0, 0.05) is 19.2 Å². The van der Waals surface area contributed by atoms with Crippen molar-refractivity contribution in [3.8, 4) is 5.75 Å². The summed E-state index contributed by atoms with van der Waals surface area (Å²) in [5.74, 6) is 0.0218. The van der Waals surface area contributed by atoms with Crippen LogP contribution in [0.3, 0.4) is 0 Å².